The molecule has 0 aliphatic heterocycles. The lowest BCUT2D eigenvalue weighted by Gasteiger charge is -2.18. The highest BCUT2D eigenvalue weighted by Gasteiger charge is 2.17. The number of hydrogen-bond acceptors (Lipinski definition) is 5. The fourth-order valence-corrected chi connectivity index (χ4v) is 2.16. The molecular weight excluding hydrogens is 324 g/mol. The van der Waals surface area contributed by atoms with Gasteiger partial charge < -0.3 is 24.4 Å². The second kappa shape index (κ2) is 10.6. The van der Waals surface area contributed by atoms with Crippen molar-refractivity contribution in [3.63, 3.8) is 0 Å². The summed E-state index contributed by atoms with van der Waals surface area (Å²) in [5.41, 5.74) is 0.433. The van der Waals surface area contributed by atoms with Crippen LogP contribution in [-0.2, 0) is 9.53 Å². The zero-order valence-corrected chi connectivity index (χ0v) is 15.6. The van der Waals surface area contributed by atoms with Crippen LogP contribution in [0.25, 0.3) is 0 Å². The second-order valence-electron chi connectivity index (χ2n) is 5.89. The van der Waals surface area contributed by atoms with Gasteiger partial charge in [-0.05, 0) is 38.5 Å². The Balaban J connectivity index is 2.67. The highest BCUT2D eigenvalue weighted by molar-refractivity contribution is 5.96. The van der Waals surface area contributed by atoms with Crippen LogP contribution in [0.2, 0.25) is 0 Å². The van der Waals surface area contributed by atoms with E-state index in [1.54, 1.807) is 32.4 Å². The molecule has 0 heterocycles. The van der Waals surface area contributed by atoms with Crippen LogP contribution in [0.1, 0.15) is 30.6 Å². The van der Waals surface area contributed by atoms with E-state index in [2.05, 4.69) is 5.32 Å². The molecule has 1 aromatic carbocycles. The van der Waals surface area contributed by atoms with E-state index in [1.165, 1.54) is 12.0 Å². The molecule has 0 spiro atoms. The van der Waals surface area contributed by atoms with Crippen LogP contribution in [0.15, 0.2) is 18.2 Å². The minimum atomic E-state index is -0.263. The minimum Gasteiger partial charge on any atom is -0.493 e. The lowest BCUT2D eigenvalue weighted by Crippen LogP contribution is -2.38. The summed E-state index contributed by atoms with van der Waals surface area (Å²) in [6.45, 7) is 4.91. The average Bonchev–Trinajstić information content (AvgIpc) is 2.57. The van der Waals surface area contributed by atoms with Gasteiger partial charge in [-0.3, -0.25) is 9.59 Å². The molecule has 7 heteroatoms. The number of likely N-dealkylation sites (N-methyl/N-ethyl adjacent to an activating group) is 1. The number of nitrogens with zero attached hydrogens (tertiary/aromatic N) is 1. The summed E-state index contributed by atoms with van der Waals surface area (Å²) in [6.07, 6.45) is 0.731. The molecule has 1 rings (SSSR count). The van der Waals surface area contributed by atoms with Gasteiger partial charge in [-0.25, -0.2) is 0 Å². The summed E-state index contributed by atoms with van der Waals surface area (Å²) >= 11 is 0. The third kappa shape index (κ3) is 7.01. The van der Waals surface area contributed by atoms with E-state index in [-0.39, 0.29) is 24.5 Å². The number of rotatable bonds is 10. The third-order valence-corrected chi connectivity index (χ3v) is 3.35. The molecule has 25 heavy (non-hydrogen) atoms. The van der Waals surface area contributed by atoms with Crippen molar-refractivity contribution in [3.05, 3.63) is 23.8 Å². The van der Waals surface area contributed by atoms with E-state index in [4.69, 9.17) is 14.2 Å². The van der Waals surface area contributed by atoms with E-state index in [9.17, 15) is 9.59 Å². The number of methoxy groups -OCH3 is 2. The predicted octanol–water partition coefficient (Wildman–Crippen LogP) is 1.71. The molecule has 0 aliphatic rings. The highest BCUT2D eigenvalue weighted by atomic mass is 16.5. The first-order chi connectivity index (χ1) is 11.9. The topological polar surface area (TPSA) is 77.1 Å². The normalized spacial score (nSPS) is 10.5. The summed E-state index contributed by atoms with van der Waals surface area (Å²) < 4.78 is 15.8. The smallest absolute Gasteiger partial charge is 0.254 e. The van der Waals surface area contributed by atoms with Gasteiger partial charge in [-0.2, -0.15) is 0 Å². The summed E-state index contributed by atoms with van der Waals surface area (Å²) in [5.74, 6) is 0.588. The molecule has 0 saturated carbocycles. The maximum Gasteiger partial charge on any atom is 0.254 e. The van der Waals surface area contributed by atoms with Gasteiger partial charge >= 0.3 is 0 Å². The molecule has 1 aromatic rings. The van der Waals surface area contributed by atoms with Gasteiger partial charge in [0.15, 0.2) is 11.5 Å². The molecule has 2 amide bonds. The van der Waals surface area contributed by atoms with E-state index in [0.29, 0.717) is 30.2 Å². The zero-order chi connectivity index (χ0) is 18.8. The van der Waals surface area contributed by atoms with Gasteiger partial charge in [0.2, 0.25) is 5.91 Å². The fourth-order valence-electron chi connectivity index (χ4n) is 2.16. The van der Waals surface area contributed by atoms with Crippen molar-refractivity contribution in [1.82, 2.24) is 10.2 Å². The maximum atomic E-state index is 12.5. The number of carbonyl (C=O) groups excluding carboxylic acids is 2. The summed E-state index contributed by atoms with van der Waals surface area (Å²) in [5, 5.41) is 2.75. The maximum absolute atomic E-state index is 12.5. The summed E-state index contributed by atoms with van der Waals surface area (Å²) in [6, 6.07) is 4.98. The zero-order valence-electron chi connectivity index (χ0n) is 15.6. The molecule has 0 atom stereocenters. The highest BCUT2D eigenvalue weighted by Crippen LogP contribution is 2.29. The molecular formula is C18H28N2O5. The first-order valence-electron chi connectivity index (χ1n) is 8.24. The Morgan fingerprint density at radius 2 is 1.92 bits per heavy atom. The number of benzene rings is 1. The van der Waals surface area contributed by atoms with Crippen LogP contribution in [0.3, 0.4) is 0 Å². The van der Waals surface area contributed by atoms with Crippen LogP contribution in [-0.4, -0.2) is 63.8 Å². The van der Waals surface area contributed by atoms with Crippen LogP contribution in [0.4, 0.5) is 0 Å². The average molecular weight is 352 g/mol. The van der Waals surface area contributed by atoms with E-state index in [1.807, 2.05) is 13.8 Å². The van der Waals surface area contributed by atoms with Crippen molar-refractivity contribution < 1.29 is 23.8 Å². The second-order valence-corrected chi connectivity index (χ2v) is 5.89. The number of nitrogens with one attached hydrogen (secondary N) is 1. The van der Waals surface area contributed by atoms with Crippen molar-refractivity contribution in [1.29, 1.82) is 0 Å². The standard InChI is InChI=1S/C18H28N2O5/c1-13(2)25-15-8-7-14(11-16(15)24-5)18(22)20(3)12-17(21)19-9-6-10-23-4/h7-8,11,13H,6,9-10,12H2,1-5H3,(H,19,21). The van der Waals surface area contributed by atoms with Crippen LogP contribution in [0.5, 0.6) is 11.5 Å². The van der Waals surface area contributed by atoms with Crippen molar-refractivity contribution in [2.24, 2.45) is 0 Å². The number of ether oxygens (including phenoxy) is 3. The third-order valence-electron chi connectivity index (χ3n) is 3.35. The van der Waals surface area contributed by atoms with Gasteiger partial charge in [0, 0.05) is 32.9 Å². The molecule has 0 radical (unpaired) electrons. The van der Waals surface area contributed by atoms with Gasteiger partial charge in [0.05, 0.1) is 19.8 Å². The summed E-state index contributed by atoms with van der Waals surface area (Å²) in [4.78, 5) is 25.7. The molecule has 0 aliphatic carbocycles. The Hall–Kier alpha value is -2.28. The lowest BCUT2D eigenvalue weighted by atomic mass is 10.1. The van der Waals surface area contributed by atoms with Gasteiger partial charge in [0.25, 0.3) is 5.91 Å². The first-order valence-corrected chi connectivity index (χ1v) is 8.24. The minimum absolute atomic E-state index is 0.0000655. The molecule has 0 aromatic heterocycles. The van der Waals surface area contributed by atoms with Gasteiger partial charge in [0.1, 0.15) is 0 Å². The Kier molecular flexibility index (Phi) is 8.77. The molecule has 1 N–H and O–H groups in total. The molecule has 0 unspecified atom stereocenters. The van der Waals surface area contributed by atoms with Crippen molar-refractivity contribution in [2.75, 3.05) is 41.0 Å². The lowest BCUT2D eigenvalue weighted by molar-refractivity contribution is -0.121. The monoisotopic (exact) mass is 352 g/mol. The largest absolute Gasteiger partial charge is 0.493 e. The molecule has 0 saturated heterocycles. The Labute approximate surface area is 149 Å². The van der Waals surface area contributed by atoms with E-state index >= 15 is 0 Å². The van der Waals surface area contributed by atoms with Crippen molar-refractivity contribution >= 4 is 11.8 Å². The number of hydrogen-bond donors (Lipinski definition) is 1. The number of amides is 2. The molecule has 0 bridgehead atoms. The van der Waals surface area contributed by atoms with Gasteiger partial charge in [-0.1, -0.05) is 0 Å². The molecule has 0 fully saturated rings. The van der Waals surface area contributed by atoms with E-state index in [0.717, 1.165) is 6.42 Å². The molecule has 7 nitrogen and oxygen atoms in total. The molecule has 140 valence electrons. The van der Waals surface area contributed by atoms with Crippen molar-refractivity contribution in [3.8, 4) is 11.5 Å². The summed E-state index contributed by atoms with van der Waals surface area (Å²) in [7, 11) is 4.72. The van der Waals surface area contributed by atoms with E-state index < -0.39 is 0 Å². The van der Waals surface area contributed by atoms with Crippen LogP contribution in [0, 0.1) is 0 Å². The fraction of sp³-hybridized carbons (Fsp3) is 0.556. The first kappa shape index (κ1) is 20.8. The predicted molar refractivity (Wildman–Crippen MR) is 95.2 cm³/mol. The van der Waals surface area contributed by atoms with Gasteiger partial charge in [-0.15, -0.1) is 0 Å². The Morgan fingerprint density at radius 3 is 2.52 bits per heavy atom. The van der Waals surface area contributed by atoms with Crippen LogP contribution < -0.4 is 14.8 Å². The van der Waals surface area contributed by atoms with Crippen LogP contribution >= 0.6 is 0 Å². The SMILES string of the molecule is COCCCNC(=O)CN(C)C(=O)c1ccc(OC(C)C)c(OC)c1. The number of carbonyl (C=O) groups is 2. The quantitative estimate of drug-likeness (QED) is 0.649. The Bertz CT molecular complexity index is 575. The Morgan fingerprint density at radius 1 is 1.20 bits per heavy atom. The van der Waals surface area contributed by atoms with Crippen molar-refractivity contribution in [2.45, 2.75) is 26.4 Å².